The first-order valence-electron chi connectivity index (χ1n) is 12.5. The molecule has 0 aliphatic carbocycles. The molecule has 0 radical (unpaired) electrons. The number of aromatic nitrogens is 2. The quantitative estimate of drug-likeness (QED) is 0.172. The molecule has 1 aliphatic rings. The summed E-state index contributed by atoms with van der Waals surface area (Å²) in [5.74, 6) is 1.67. The summed E-state index contributed by atoms with van der Waals surface area (Å²) in [4.78, 5) is 17.9. The molecule has 1 aromatic heterocycles. The second-order valence-corrected chi connectivity index (χ2v) is 9.38. The largest absolute Gasteiger partial charge is 0.489 e. The highest BCUT2D eigenvalue weighted by Gasteiger charge is 2.35. The van der Waals surface area contributed by atoms with E-state index in [-0.39, 0.29) is 12.6 Å². The summed E-state index contributed by atoms with van der Waals surface area (Å²) in [5.41, 5.74) is 5.14. The van der Waals surface area contributed by atoms with Crippen molar-refractivity contribution in [2.75, 3.05) is 19.8 Å². The highest BCUT2D eigenvalue weighted by Crippen LogP contribution is 2.49. The number of fused-ring (bicyclic) bond motifs is 2. The van der Waals surface area contributed by atoms with Crippen LogP contribution in [0.15, 0.2) is 59.8 Å². The van der Waals surface area contributed by atoms with Gasteiger partial charge in [-0.1, -0.05) is 54.2 Å². The predicted molar refractivity (Wildman–Crippen MR) is 144 cm³/mol. The van der Waals surface area contributed by atoms with Gasteiger partial charge in [0.15, 0.2) is 16.7 Å². The number of thioether (sulfide) groups is 1. The van der Waals surface area contributed by atoms with E-state index < -0.39 is 0 Å². The summed E-state index contributed by atoms with van der Waals surface area (Å²) in [6.07, 6.45) is 0. The van der Waals surface area contributed by atoms with Gasteiger partial charge >= 0.3 is 5.97 Å². The number of cyclic esters (lactones) is 1. The van der Waals surface area contributed by atoms with Crippen LogP contribution in [-0.2, 0) is 23.6 Å². The van der Waals surface area contributed by atoms with Gasteiger partial charge in [-0.15, -0.1) is 0 Å². The Bertz CT molecular complexity index is 1420. The number of carbonyl (C=O) groups is 1. The van der Waals surface area contributed by atoms with Crippen molar-refractivity contribution in [3.05, 3.63) is 76.9 Å². The summed E-state index contributed by atoms with van der Waals surface area (Å²) in [7, 11) is 0. The van der Waals surface area contributed by atoms with Crippen LogP contribution in [0, 0.1) is 0 Å². The fourth-order valence-corrected chi connectivity index (χ4v) is 5.64. The molecule has 0 spiro atoms. The van der Waals surface area contributed by atoms with Gasteiger partial charge in [0.25, 0.3) is 0 Å². The maximum absolute atomic E-state index is 12.9. The van der Waals surface area contributed by atoms with Crippen molar-refractivity contribution in [2.45, 2.75) is 44.8 Å². The monoisotopic (exact) mass is 518 g/mol. The lowest BCUT2D eigenvalue weighted by atomic mass is 10.0. The number of nitrogens with zero attached hydrogens (tertiary/aromatic N) is 2. The summed E-state index contributed by atoms with van der Waals surface area (Å²) in [5, 5.41) is 0.861. The number of imidazole rings is 1. The number of rotatable bonds is 11. The Kier molecular flexibility index (Phi) is 7.55. The number of hydrogen-bond acceptors (Lipinski definition) is 7. The molecule has 8 heteroatoms. The molecule has 2 heterocycles. The summed E-state index contributed by atoms with van der Waals surface area (Å²) in [6.45, 7) is 7.87. The molecule has 4 aromatic rings. The van der Waals surface area contributed by atoms with Gasteiger partial charge in [0, 0.05) is 11.3 Å². The van der Waals surface area contributed by atoms with E-state index in [1.54, 1.807) is 11.8 Å². The zero-order valence-electron chi connectivity index (χ0n) is 21.3. The molecule has 7 nitrogen and oxygen atoms in total. The fraction of sp³-hybridized carbons (Fsp3) is 0.310. The number of para-hydroxylation sites is 2. The van der Waals surface area contributed by atoms with Gasteiger partial charge < -0.3 is 23.5 Å². The van der Waals surface area contributed by atoms with Crippen LogP contribution in [0.3, 0.4) is 0 Å². The van der Waals surface area contributed by atoms with E-state index in [1.165, 1.54) is 5.56 Å². The molecule has 0 amide bonds. The van der Waals surface area contributed by atoms with Crippen molar-refractivity contribution in [3.63, 3.8) is 0 Å². The molecule has 1 aliphatic heterocycles. The van der Waals surface area contributed by atoms with E-state index in [0.717, 1.165) is 21.8 Å². The minimum Gasteiger partial charge on any atom is -0.489 e. The van der Waals surface area contributed by atoms with Gasteiger partial charge in [0.1, 0.15) is 6.61 Å². The predicted octanol–water partition coefficient (Wildman–Crippen LogP) is 6.24. The third kappa shape index (κ3) is 4.85. The molecule has 0 saturated heterocycles. The van der Waals surface area contributed by atoms with Gasteiger partial charge in [0.2, 0.25) is 5.75 Å². The van der Waals surface area contributed by atoms with Crippen LogP contribution in [0.2, 0.25) is 0 Å². The van der Waals surface area contributed by atoms with E-state index in [9.17, 15) is 4.79 Å². The zero-order valence-corrected chi connectivity index (χ0v) is 22.1. The lowest BCUT2D eigenvalue weighted by Crippen LogP contribution is -2.10. The van der Waals surface area contributed by atoms with Crippen LogP contribution in [-0.4, -0.2) is 35.3 Å². The molecule has 0 bridgehead atoms. The maximum atomic E-state index is 12.9. The van der Waals surface area contributed by atoms with Gasteiger partial charge in [-0.05, 0) is 38.5 Å². The third-order valence-electron chi connectivity index (χ3n) is 6.13. The molecule has 3 aromatic carbocycles. The standard InChI is InChI=1S/C29H30N2O5S/c1-4-33-25-20-17-36-28(32)24(20)21(26(34-5-2)27(25)35-6-3)18-37-29-30-22-14-10-11-15-23(22)31(29)16-19-12-8-7-9-13-19/h7-15H,4-6,16-18H2,1-3H3. The van der Waals surface area contributed by atoms with Crippen LogP contribution in [0.5, 0.6) is 17.2 Å². The Morgan fingerprint density at radius 2 is 1.57 bits per heavy atom. The Balaban J connectivity index is 1.59. The second-order valence-electron chi connectivity index (χ2n) is 8.44. The lowest BCUT2D eigenvalue weighted by Gasteiger charge is -2.21. The smallest absolute Gasteiger partial charge is 0.339 e. The van der Waals surface area contributed by atoms with Crippen LogP contribution in [0.25, 0.3) is 11.0 Å². The number of benzene rings is 3. The SMILES string of the molecule is CCOc1c2c(c(CSc3nc4ccccc4n3Cc3ccccc3)c(OCC)c1OCC)C(=O)OC2. The molecule has 0 atom stereocenters. The topological polar surface area (TPSA) is 71.8 Å². The number of carbonyl (C=O) groups excluding carboxylic acids is 1. The fourth-order valence-electron chi connectivity index (χ4n) is 4.61. The zero-order chi connectivity index (χ0) is 25.8. The van der Waals surface area contributed by atoms with E-state index in [1.807, 2.05) is 57.2 Å². The Hall–Kier alpha value is -3.65. The molecule has 0 N–H and O–H groups in total. The summed E-state index contributed by atoms with van der Waals surface area (Å²) in [6, 6.07) is 18.4. The van der Waals surface area contributed by atoms with Gasteiger partial charge in [0.05, 0.1) is 48.5 Å². The van der Waals surface area contributed by atoms with Crippen LogP contribution < -0.4 is 14.2 Å². The summed E-state index contributed by atoms with van der Waals surface area (Å²) < 4.78 is 25.8. The second kappa shape index (κ2) is 11.2. The number of hydrogen-bond donors (Lipinski definition) is 0. The Labute approximate surface area is 220 Å². The maximum Gasteiger partial charge on any atom is 0.339 e. The highest BCUT2D eigenvalue weighted by atomic mass is 32.2. The average Bonchev–Trinajstić information content (AvgIpc) is 3.47. The number of ether oxygens (including phenoxy) is 4. The molecule has 192 valence electrons. The number of esters is 1. The Morgan fingerprint density at radius 3 is 2.32 bits per heavy atom. The lowest BCUT2D eigenvalue weighted by molar-refractivity contribution is 0.0533. The van der Waals surface area contributed by atoms with E-state index in [4.69, 9.17) is 23.9 Å². The Morgan fingerprint density at radius 1 is 0.892 bits per heavy atom. The average molecular weight is 519 g/mol. The molecular formula is C29H30N2O5S. The van der Waals surface area contributed by atoms with Crippen LogP contribution in [0.1, 0.15) is 47.8 Å². The first-order valence-corrected chi connectivity index (χ1v) is 13.5. The molecule has 0 fully saturated rings. The van der Waals surface area contributed by atoms with Gasteiger partial charge in [-0.2, -0.15) is 0 Å². The summed E-state index contributed by atoms with van der Waals surface area (Å²) >= 11 is 1.57. The van der Waals surface area contributed by atoms with Crippen LogP contribution >= 0.6 is 11.8 Å². The van der Waals surface area contributed by atoms with E-state index >= 15 is 0 Å². The van der Waals surface area contributed by atoms with Gasteiger partial charge in [-0.3, -0.25) is 0 Å². The van der Waals surface area contributed by atoms with Crippen molar-refractivity contribution >= 4 is 28.8 Å². The van der Waals surface area contributed by atoms with E-state index in [0.29, 0.717) is 60.5 Å². The van der Waals surface area contributed by atoms with Crippen molar-refractivity contribution in [1.82, 2.24) is 9.55 Å². The van der Waals surface area contributed by atoms with Crippen molar-refractivity contribution in [2.24, 2.45) is 0 Å². The van der Waals surface area contributed by atoms with Crippen molar-refractivity contribution in [3.8, 4) is 17.2 Å². The molecule has 0 unspecified atom stereocenters. The van der Waals surface area contributed by atoms with Crippen molar-refractivity contribution < 1.29 is 23.7 Å². The highest BCUT2D eigenvalue weighted by molar-refractivity contribution is 7.98. The van der Waals surface area contributed by atoms with E-state index in [2.05, 4.69) is 22.8 Å². The first-order chi connectivity index (χ1) is 18.2. The normalized spacial score (nSPS) is 12.5. The van der Waals surface area contributed by atoms with Gasteiger partial charge in [-0.25, -0.2) is 9.78 Å². The molecular weight excluding hydrogens is 488 g/mol. The molecule has 5 rings (SSSR count). The minimum atomic E-state index is -0.367. The molecule has 37 heavy (non-hydrogen) atoms. The minimum absolute atomic E-state index is 0.153. The van der Waals surface area contributed by atoms with Crippen LogP contribution in [0.4, 0.5) is 0 Å². The van der Waals surface area contributed by atoms with Crippen molar-refractivity contribution in [1.29, 1.82) is 0 Å². The third-order valence-corrected chi connectivity index (χ3v) is 7.13. The molecule has 0 saturated carbocycles. The first kappa shape index (κ1) is 25.0.